The second-order valence-corrected chi connectivity index (χ2v) is 1.63. The summed E-state index contributed by atoms with van der Waals surface area (Å²) in [5.74, 6) is -0.368. The third-order valence-corrected chi connectivity index (χ3v) is 0.791. The van der Waals surface area contributed by atoms with Crippen LogP contribution in [0.25, 0.3) is 0 Å². The van der Waals surface area contributed by atoms with Gasteiger partial charge in [-0.2, -0.15) is 10.2 Å². The van der Waals surface area contributed by atoms with Crippen molar-refractivity contribution in [2.24, 2.45) is 0 Å². The van der Waals surface area contributed by atoms with E-state index in [1.165, 1.54) is 0 Å². The highest BCUT2D eigenvalue weighted by Crippen LogP contribution is 2.20. The predicted octanol–water partition coefficient (Wildman–Crippen LogP) is 1.38. The average Bonchev–Trinajstić information content (AvgIpc) is 1.85. The minimum atomic E-state index is -4.66. The highest BCUT2D eigenvalue weighted by atomic mass is 19.4. The molecule has 0 atom stereocenters. The Morgan fingerprint density at radius 1 is 1.27 bits per heavy atom. The number of ether oxygens (including phenoxy) is 1. The molecule has 0 aromatic carbocycles. The van der Waals surface area contributed by atoms with Crippen LogP contribution >= 0.6 is 0 Å². The van der Waals surface area contributed by atoms with E-state index in [0.29, 0.717) is 0 Å². The molecular formula is C5H3F3N2O. The SMILES string of the molecule is FC(F)(F)Oc1ccnnc1. The highest BCUT2D eigenvalue weighted by Gasteiger charge is 2.31. The molecule has 0 aliphatic rings. The molecule has 1 heterocycles. The molecular weight excluding hydrogens is 161 g/mol. The fourth-order valence-electron chi connectivity index (χ4n) is 0.473. The summed E-state index contributed by atoms with van der Waals surface area (Å²) < 4.78 is 37.9. The number of halogens is 3. The lowest BCUT2D eigenvalue weighted by molar-refractivity contribution is -0.274. The van der Waals surface area contributed by atoms with E-state index in [1.807, 2.05) is 0 Å². The van der Waals surface area contributed by atoms with E-state index in [0.717, 1.165) is 18.5 Å². The monoisotopic (exact) mass is 164 g/mol. The number of aromatic nitrogens is 2. The van der Waals surface area contributed by atoms with Crippen molar-refractivity contribution < 1.29 is 17.9 Å². The lowest BCUT2D eigenvalue weighted by Crippen LogP contribution is -2.17. The third kappa shape index (κ3) is 2.83. The van der Waals surface area contributed by atoms with Crippen LogP contribution in [-0.4, -0.2) is 16.6 Å². The molecule has 0 aliphatic heterocycles. The molecule has 0 aliphatic carbocycles. The van der Waals surface area contributed by atoms with Crippen LogP contribution in [0, 0.1) is 0 Å². The third-order valence-electron chi connectivity index (χ3n) is 0.791. The Morgan fingerprint density at radius 2 is 2.00 bits per heavy atom. The zero-order chi connectivity index (χ0) is 8.32. The fraction of sp³-hybridized carbons (Fsp3) is 0.200. The van der Waals surface area contributed by atoms with Gasteiger partial charge < -0.3 is 4.74 Å². The number of nitrogens with zero attached hydrogens (tertiary/aromatic N) is 2. The normalized spacial score (nSPS) is 11.2. The molecule has 0 radical (unpaired) electrons. The molecule has 0 bridgehead atoms. The van der Waals surface area contributed by atoms with E-state index in [2.05, 4.69) is 14.9 Å². The van der Waals surface area contributed by atoms with Gasteiger partial charge in [-0.3, -0.25) is 0 Å². The summed E-state index contributed by atoms with van der Waals surface area (Å²) in [6, 6.07) is 1.07. The Kier molecular flexibility index (Phi) is 1.93. The number of alkyl halides is 3. The summed E-state index contributed by atoms with van der Waals surface area (Å²) in [4.78, 5) is 0. The average molecular weight is 164 g/mol. The zero-order valence-corrected chi connectivity index (χ0v) is 5.17. The van der Waals surface area contributed by atoms with Gasteiger partial charge in [0.05, 0.1) is 12.4 Å². The first-order valence-corrected chi connectivity index (χ1v) is 2.60. The Balaban J connectivity index is 2.66. The van der Waals surface area contributed by atoms with Gasteiger partial charge in [-0.1, -0.05) is 0 Å². The van der Waals surface area contributed by atoms with Crippen LogP contribution in [0.4, 0.5) is 13.2 Å². The molecule has 0 fully saturated rings. The van der Waals surface area contributed by atoms with E-state index in [4.69, 9.17) is 0 Å². The van der Waals surface area contributed by atoms with Gasteiger partial charge in [0.15, 0.2) is 5.75 Å². The van der Waals surface area contributed by atoms with E-state index >= 15 is 0 Å². The highest BCUT2D eigenvalue weighted by molar-refractivity contribution is 5.12. The molecule has 11 heavy (non-hydrogen) atoms. The van der Waals surface area contributed by atoms with Gasteiger partial charge in [0.25, 0.3) is 0 Å². The van der Waals surface area contributed by atoms with Gasteiger partial charge in [-0.15, -0.1) is 13.2 Å². The molecule has 0 saturated carbocycles. The van der Waals surface area contributed by atoms with Crippen molar-refractivity contribution in [1.29, 1.82) is 0 Å². The lowest BCUT2D eigenvalue weighted by atomic mass is 10.5. The first kappa shape index (κ1) is 7.77. The fourth-order valence-corrected chi connectivity index (χ4v) is 0.473. The molecule has 0 amide bonds. The van der Waals surface area contributed by atoms with Crippen molar-refractivity contribution in [3.63, 3.8) is 0 Å². The summed E-state index contributed by atoms with van der Waals surface area (Å²) in [5.41, 5.74) is 0. The van der Waals surface area contributed by atoms with Crippen LogP contribution in [0.15, 0.2) is 18.5 Å². The quantitative estimate of drug-likeness (QED) is 0.628. The first-order valence-electron chi connectivity index (χ1n) is 2.60. The van der Waals surface area contributed by atoms with Crippen LogP contribution in [0.1, 0.15) is 0 Å². The summed E-state index contributed by atoms with van der Waals surface area (Å²) in [6.07, 6.45) is -2.67. The van der Waals surface area contributed by atoms with Gasteiger partial charge >= 0.3 is 6.36 Å². The number of hydrogen-bond acceptors (Lipinski definition) is 3. The Hall–Kier alpha value is -1.33. The molecule has 0 spiro atoms. The molecule has 0 N–H and O–H groups in total. The smallest absolute Gasteiger partial charge is 0.404 e. The zero-order valence-electron chi connectivity index (χ0n) is 5.17. The largest absolute Gasteiger partial charge is 0.573 e. The van der Waals surface area contributed by atoms with Gasteiger partial charge in [0.1, 0.15) is 0 Å². The van der Waals surface area contributed by atoms with E-state index in [1.54, 1.807) is 0 Å². The molecule has 0 saturated heterocycles. The minimum Gasteiger partial charge on any atom is -0.404 e. The maximum atomic E-state index is 11.5. The first-order chi connectivity index (χ1) is 5.08. The van der Waals surface area contributed by atoms with Crippen LogP contribution in [0.2, 0.25) is 0 Å². The number of rotatable bonds is 1. The Labute approximate surface area is 59.8 Å². The molecule has 3 nitrogen and oxygen atoms in total. The molecule has 6 heteroatoms. The number of hydrogen-bond donors (Lipinski definition) is 0. The second-order valence-electron chi connectivity index (χ2n) is 1.63. The molecule has 1 aromatic heterocycles. The van der Waals surface area contributed by atoms with E-state index in [-0.39, 0.29) is 5.75 Å². The summed E-state index contributed by atoms with van der Waals surface area (Å²) >= 11 is 0. The van der Waals surface area contributed by atoms with Gasteiger partial charge in [-0.05, 0) is 0 Å². The van der Waals surface area contributed by atoms with Crippen molar-refractivity contribution in [2.75, 3.05) is 0 Å². The van der Waals surface area contributed by atoms with E-state index < -0.39 is 6.36 Å². The maximum Gasteiger partial charge on any atom is 0.573 e. The van der Waals surface area contributed by atoms with E-state index in [9.17, 15) is 13.2 Å². The van der Waals surface area contributed by atoms with Crippen LogP contribution in [-0.2, 0) is 0 Å². The molecule has 1 aromatic rings. The topological polar surface area (TPSA) is 35.0 Å². The van der Waals surface area contributed by atoms with Gasteiger partial charge in [-0.25, -0.2) is 0 Å². The minimum absolute atomic E-state index is 0.368. The van der Waals surface area contributed by atoms with Crippen LogP contribution in [0.5, 0.6) is 5.75 Å². The molecule has 60 valence electrons. The maximum absolute atomic E-state index is 11.5. The summed E-state index contributed by atoms with van der Waals surface area (Å²) in [7, 11) is 0. The Bertz CT molecular complexity index is 223. The van der Waals surface area contributed by atoms with Crippen LogP contribution in [0.3, 0.4) is 0 Å². The van der Waals surface area contributed by atoms with Crippen molar-refractivity contribution in [3.05, 3.63) is 18.5 Å². The summed E-state index contributed by atoms with van der Waals surface area (Å²) in [5, 5.41) is 6.47. The van der Waals surface area contributed by atoms with Gasteiger partial charge in [0, 0.05) is 6.07 Å². The molecule has 1 rings (SSSR count). The van der Waals surface area contributed by atoms with Crippen molar-refractivity contribution >= 4 is 0 Å². The summed E-state index contributed by atoms with van der Waals surface area (Å²) in [6.45, 7) is 0. The molecule has 0 unspecified atom stereocenters. The van der Waals surface area contributed by atoms with Crippen molar-refractivity contribution in [1.82, 2.24) is 10.2 Å². The standard InChI is InChI=1S/C5H3F3N2O/c6-5(7,8)11-4-1-2-9-10-3-4/h1-3H. The lowest BCUT2D eigenvalue weighted by Gasteiger charge is -2.06. The second kappa shape index (κ2) is 2.73. The Morgan fingerprint density at radius 3 is 2.45 bits per heavy atom. The van der Waals surface area contributed by atoms with Crippen molar-refractivity contribution in [3.8, 4) is 5.75 Å². The van der Waals surface area contributed by atoms with Gasteiger partial charge in [0.2, 0.25) is 0 Å². The van der Waals surface area contributed by atoms with Crippen LogP contribution < -0.4 is 4.74 Å². The van der Waals surface area contributed by atoms with Crippen molar-refractivity contribution in [2.45, 2.75) is 6.36 Å². The predicted molar refractivity (Wildman–Crippen MR) is 28.7 cm³/mol.